The average molecular weight is 648 g/mol. The Bertz CT molecular complexity index is 1730. The van der Waals surface area contributed by atoms with E-state index in [0.717, 1.165) is 29.5 Å². The van der Waals surface area contributed by atoms with Crippen LogP contribution in [0.3, 0.4) is 0 Å². The molecule has 3 aromatic carbocycles. The number of rotatable bonds is 7. The molecule has 0 bridgehead atoms. The Morgan fingerprint density at radius 1 is 1.02 bits per heavy atom. The molecule has 1 aliphatic rings. The molecular weight excluding hydrogens is 624 g/mol. The maximum Gasteiger partial charge on any atom is 0.416 e. The number of ether oxygens (including phenoxy) is 1. The van der Waals surface area contributed by atoms with Crippen LogP contribution in [0.4, 0.5) is 42.5 Å². The van der Waals surface area contributed by atoms with Crippen LogP contribution in [0, 0.1) is 6.92 Å². The number of alkyl halides is 6. The largest absolute Gasteiger partial charge is 0.416 e. The summed E-state index contributed by atoms with van der Waals surface area (Å²) in [6.45, 7) is -0.103. The number of halogens is 6. The number of aryl methyl sites for hydroxylation is 1. The van der Waals surface area contributed by atoms with E-state index >= 15 is 0 Å². The van der Waals surface area contributed by atoms with E-state index in [1.54, 1.807) is 60.2 Å². The number of amidine groups is 1. The second-order valence-electron chi connectivity index (χ2n) is 9.87. The summed E-state index contributed by atoms with van der Waals surface area (Å²) < 4.78 is 82.7. The van der Waals surface area contributed by atoms with Crippen LogP contribution in [0.1, 0.15) is 16.7 Å². The van der Waals surface area contributed by atoms with Gasteiger partial charge < -0.3 is 14.6 Å². The van der Waals surface area contributed by atoms with Gasteiger partial charge in [0.25, 0.3) is 0 Å². The van der Waals surface area contributed by atoms with Crippen molar-refractivity contribution in [3.8, 4) is 16.9 Å². The number of carbonyl (C=O) groups is 2. The maximum atomic E-state index is 12.9. The number of nitrogens with zero attached hydrogens (tertiary/aromatic N) is 4. The van der Waals surface area contributed by atoms with Gasteiger partial charge in [-0.3, -0.25) is 9.69 Å². The fourth-order valence-electron chi connectivity index (χ4n) is 4.36. The molecule has 0 saturated carbocycles. The number of amides is 3. The number of imidazole rings is 1. The Hall–Kier alpha value is -4.63. The third-order valence-electron chi connectivity index (χ3n) is 6.47. The molecule has 45 heavy (non-hydrogen) atoms. The molecule has 0 aliphatic carbocycles. The number of benzene rings is 3. The molecule has 234 valence electrons. The van der Waals surface area contributed by atoms with Crippen molar-refractivity contribution in [2.45, 2.75) is 25.9 Å². The third-order valence-corrected chi connectivity index (χ3v) is 7.40. The molecule has 1 aliphatic heterocycles. The number of carbonyl (C=O) groups excluding carboxylic acids is 2. The molecule has 1 N–H and O–H groups in total. The number of aromatic nitrogens is 2. The number of aliphatic imine (C=N–C) groups is 1. The van der Waals surface area contributed by atoms with E-state index in [9.17, 15) is 35.9 Å². The first kappa shape index (κ1) is 31.8. The number of hydrogen-bond donors (Lipinski definition) is 1. The number of hydrogen-bond acceptors (Lipinski definition) is 5. The lowest BCUT2D eigenvalue weighted by Crippen LogP contribution is -2.31. The molecule has 0 atom stereocenters. The molecule has 5 rings (SSSR count). The van der Waals surface area contributed by atoms with Crippen molar-refractivity contribution in [1.29, 1.82) is 0 Å². The van der Waals surface area contributed by atoms with E-state index < -0.39 is 43.1 Å². The number of urea groups is 1. The van der Waals surface area contributed by atoms with Gasteiger partial charge >= 0.3 is 18.4 Å². The Morgan fingerprint density at radius 3 is 2.40 bits per heavy atom. The minimum atomic E-state index is -4.51. The minimum Gasteiger partial charge on any atom is -0.367 e. The van der Waals surface area contributed by atoms with Gasteiger partial charge in [-0.2, -0.15) is 31.3 Å². The second kappa shape index (κ2) is 12.8. The lowest BCUT2D eigenvalue weighted by molar-refractivity contribution is -0.176. The summed E-state index contributed by atoms with van der Waals surface area (Å²) in [5.74, 6) is -0.411. The van der Waals surface area contributed by atoms with Crippen LogP contribution in [-0.2, 0) is 22.3 Å². The monoisotopic (exact) mass is 647 g/mol. The van der Waals surface area contributed by atoms with Gasteiger partial charge in [0.1, 0.15) is 6.61 Å². The summed E-state index contributed by atoms with van der Waals surface area (Å²) in [7, 11) is 0. The fourth-order valence-corrected chi connectivity index (χ4v) is 5.22. The lowest BCUT2D eigenvalue weighted by Gasteiger charge is -2.20. The van der Waals surface area contributed by atoms with Crippen LogP contribution < -0.4 is 10.2 Å². The SMILES string of the molecule is Cc1ccc(COCC(F)(F)F)c(N2C(=O)CS/C2=N\C(=O)Nc2ccc(-c3cn(-c4ccc(C(F)(F)F)cc4)cn3)cc2)c1. The highest BCUT2D eigenvalue weighted by molar-refractivity contribution is 8.15. The number of anilines is 2. The van der Waals surface area contributed by atoms with E-state index in [0.29, 0.717) is 28.2 Å². The highest BCUT2D eigenvalue weighted by Gasteiger charge is 2.33. The third kappa shape index (κ3) is 7.91. The maximum absolute atomic E-state index is 12.9. The van der Waals surface area contributed by atoms with Gasteiger partial charge in [-0.05, 0) is 55.0 Å². The molecule has 3 amide bonds. The van der Waals surface area contributed by atoms with Gasteiger partial charge in [0, 0.05) is 28.7 Å². The zero-order valence-corrected chi connectivity index (χ0v) is 24.1. The van der Waals surface area contributed by atoms with Crippen molar-refractivity contribution < 1.29 is 40.7 Å². The van der Waals surface area contributed by atoms with Gasteiger partial charge in [0.05, 0.1) is 35.6 Å². The smallest absolute Gasteiger partial charge is 0.367 e. The van der Waals surface area contributed by atoms with Crippen molar-refractivity contribution in [2.24, 2.45) is 4.99 Å². The second-order valence-corrected chi connectivity index (χ2v) is 10.8. The summed E-state index contributed by atoms with van der Waals surface area (Å²) >= 11 is 1.02. The summed E-state index contributed by atoms with van der Waals surface area (Å²) in [5.41, 5.74) is 2.67. The summed E-state index contributed by atoms with van der Waals surface area (Å²) in [6, 6.07) is 15.3. The molecule has 0 unspecified atom stereocenters. The average Bonchev–Trinajstić information content (AvgIpc) is 3.60. The number of nitrogens with one attached hydrogen (secondary N) is 1. The predicted molar refractivity (Wildman–Crippen MR) is 157 cm³/mol. The lowest BCUT2D eigenvalue weighted by atomic mass is 10.1. The van der Waals surface area contributed by atoms with Crippen molar-refractivity contribution in [1.82, 2.24) is 9.55 Å². The van der Waals surface area contributed by atoms with E-state index in [2.05, 4.69) is 15.3 Å². The Balaban J connectivity index is 1.27. The van der Waals surface area contributed by atoms with E-state index in [1.807, 2.05) is 0 Å². The van der Waals surface area contributed by atoms with Crippen molar-refractivity contribution >= 4 is 40.2 Å². The van der Waals surface area contributed by atoms with Gasteiger partial charge in [0.15, 0.2) is 5.17 Å². The first-order valence-corrected chi connectivity index (χ1v) is 14.2. The van der Waals surface area contributed by atoms with Crippen LogP contribution in [0.2, 0.25) is 0 Å². The van der Waals surface area contributed by atoms with Gasteiger partial charge in [-0.15, -0.1) is 0 Å². The van der Waals surface area contributed by atoms with Crippen LogP contribution in [0.25, 0.3) is 16.9 Å². The van der Waals surface area contributed by atoms with Crippen molar-refractivity contribution in [2.75, 3.05) is 22.6 Å². The first-order valence-electron chi connectivity index (χ1n) is 13.2. The number of thioether (sulfide) groups is 1. The van der Waals surface area contributed by atoms with E-state index in [1.165, 1.54) is 23.4 Å². The predicted octanol–water partition coefficient (Wildman–Crippen LogP) is 7.61. The van der Waals surface area contributed by atoms with Crippen LogP contribution in [-0.4, -0.2) is 45.2 Å². The van der Waals surface area contributed by atoms with E-state index in [4.69, 9.17) is 4.74 Å². The van der Waals surface area contributed by atoms with Gasteiger partial charge in [-0.1, -0.05) is 36.0 Å². The summed E-state index contributed by atoms with van der Waals surface area (Å²) in [4.78, 5) is 35.1. The van der Waals surface area contributed by atoms with Gasteiger partial charge in [-0.25, -0.2) is 9.78 Å². The van der Waals surface area contributed by atoms with Crippen molar-refractivity contribution in [3.05, 3.63) is 95.9 Å². The molecular formula is C30H23F6N5O3S. The Kier molecular flexibility index (Phi) is 9.02. The Labute approximate surface area is 256 Å². The summed E-state index contributed by atoms with van der Waals surface area (Å²) in [5, 5.41) is 2.68. The molecule has 2 heterocycles. The highest BCUT2D eigenvalue weighted by Crippen LogP contribution is 2.32. The Morgan fingerprint density at radius 2 is 1.73 bits per heavy atom. The first-order chi connectivity index (χ1) is 21.3. The zero-order chi connectivity index (χ0) is 32.4. The highest BCUT2D eigenvalue weighted by atomic mass is 32.2. The van der Waals surface area contributed by atoms with Crippen LogP contribution in [0.5, 0.6) is 0 Å². The van der Waals surface area contributed by atoms with Crippen LogP contribution >= 0.6 is 11.8 Å². The summed E-state index contributed by atoms with van der Waals surface area (Å²) in [6.07, 6.45) is -5.82. The topological polar surface area (TPSA) is 88.8 Å². The molecule has 1 saturated heterocycles. The van der Waals surface area contributed by atoms with E-state index in [-0.39, 0.29) is 16.6 Å². The quantitative estimate of drug-likeness (QED) is 0.209. The minimum absolute atomic E-state index is 0.0171. The van der Waals surface area contributed by atoms with Gasteiger partial charge in [0.2, 0.25) is 5.91 Å². The van der Waals surface area contributed by atoms with Crippen LogP contribution in [0.15, 0.2) is 84.2 Å². The molecule has 15 heteroatoms. The molecule has 0 radical (unpaired) electrons. The molecule has 0 spiro atoms. The fraction of sp³-hybridized carbons (Fsp3) is 0.200. The molecule has 8 nitrogen and oxygen atoms in total. The standard InChI is InChI=1S/C30H23F6N5O3S/c1-18-2-3-20(14-44-16-29(31,32)33)25(12-18)41-26(42)15-45-28(41)39-27(43)38-22-8-4-19(5-9-22)24-13-40(17-37-24)23-10-6-21(7-11-23)30(34,35)36/h2-13,17H,14-16H2,1H3,(H,38,43)/b39-28-. The zero-order valence-electron chi connectivity index (χ0n) is 23.3. The molecule has 1 fully saturated rings. The normalized spacial score (nSPS) is 14.8. The van der Waals surface area contributed by atoms with Crippen molar-refractivity contribution in [3.63, 3.8) is 0 Å². The molecule has 4 aromatic rings. The molecule has 1 aromatic heterocycles.